The Morgan fingerprint density at radius 3 is 2.30 bits per heavy atom. The Balaban J connectivity index is 1.97. The molecule has 0 unspecified atom stereocenters. The van der Waals surface area contributed by atoms with Gasteiger partial charge in [-0.15, -0.1) is 0 Å². The van der Waals surface area contributed by atoms with E-state index in [2.05, 4.69) is 38.0 Å². The van der Waals surface area contributed by atoms with Gasteiger partial charge in [0.15, 0.2) is 0 Å². The van der Waals surface area contributed by atoms with E-state index in [0.29, 0.717) is 6.54 Å². The van der Waals surface area contributed by atoms with E-state index in [0.717, 1.165) is 16.8 Å². The molecule has 3 aromatic rings. The lowest BCUT2D eigenvalue weighted by atomic mass is 10.0. The average Bonchev–Trinajstić information content (AvgIpc) is 2.54. The van der Waals surface area contributed by atoms with Crippen molar-refractivity contribution >= 4 is 0 Å². The van der Waals surface area contributed by atoms with Crippen molar-refractivity contribution in [3.05, 3.63) is 87.2 Å². The number of nitrogens with zero attached hydrogens (tertiary/aromatic N) is 2. The molecule has 0 radical (unpaired) electrons. The summed E-state index contributed by atoms with van der Waals surface area (Å²) in [6, 6.07) is 17.8. The van der Waals surface area contributed by atoms with E-state index in [4.69, 9.17) is 0 Å². The molecular formula is C20H20N2O. The van der Waals surface area contributed by atoms with E-state index in [1.54, 1.807) is 12.1 Å². The standard InChI is InChI=1S/C20H20N2O/c1-14-4-7-17(8-5-14)13-22-20(23)11-10-19(21-22)18-9-6-15(2)16(3)12-18/h4-12H,13H2,1-3H3. The van der Waals surface area contributed by atoms with Crippen LogP contribution in [0.2, 0.25) is 0 Å². The summed E-state index contributed by atoms with van der Waals surface area (Å²) in [6.45, 7) is 6.71. The molecule has 0 aliphatic heterocycles. The van der Waals surface area contributed by atoms with Gasteiger partial charge < -0.3 is 0 Å². The molecule has 0 aliphatic carbocycles. The van der Waals surface area contributed by atoms with Gasteiger partial charge in [0.25, 0.3) is 5.56 Å². The van der Waals surface area contributed by atoms with Gasteiger partial charge >= 0.3 is 0 Å². The summed E-state index contributed by atoms with van der Waals surface area (Å²) in [4.78, 5) is 12.1. The lowest BCUT2D eigenvalue weighted by Crippen LogP contribution is -2.22. The van der Waals surface area contributed by atoms with E-state index in [-0.39, 0.29) is 5.56 Å². The number of aryl methyl sites for hydroxylation is 3. The first-order chi connectivity index (χ1) is 11.0. The zero-order chi connectivity index (χ0) is 16.4. The number of hydrogen-bond donors (Lipinski definition) is 0. The largest absolute Gasteiger partial charge is 0.268 e. The topological polar surface area (TPSA) is 34.9 Å². The van der Waals surface area contributed by atoms with Crippen LogP contribution in [0.25, 0.3) is 11.3 Å². The average molecular weight is 304 g/mol. The minimum Gasteiger partial charge on any atom is -0.268 e. The first-order valence-electron chi connectivity index (χ1n) is 7.74. The Morgan fingerprint density at radius 1 is 0.870 bits per heavy atom. The minimum atomic E-state index is -0.0850. The summed E-state index contributed by atoms with van der Waals surface area (Å²) in [7, 11) is 0. The van der Waals surface area contributed by atoms with Gasteiger partial charge in [0, 0.05) is 11.6 Å². The third kappa shape index (κ3) is 3.39. The fourth-order valence-corrected chi connectivity index (χ4v) is 2.48. The van der Waals surface area contributed by atoms with E-state index in [1.807, 2.05) is 30.3 Å². The minimum absolute atomic E-state index is 0.0850. The van der Waals surface area contributed by atoms with E-state index in [1.165, 1.54) is 21.4 Å². The summed E-state index contributed by atoms with van der Waals surface area (Å²) in [5, 5.41) is 4.54. The molecule has 0 amide bonds. The lowest BCUT2D eigenvalue weighted by molar-refractivity contribution is 0.642. The molecule has 3 rings (SSSR count). The molecule has 0 saturated carbocycles. The fraction of sp³-hybridized carbons (Fsp3) is 0.200. The van der Waals surface area contributed by atoms with Gasteiger partial charge in [0.1, 0.15) is 0 Å². The molecule has 0 aliphatic rings. The molecule has 0 fully saturated rings. The van der Waals surface area contributed by atoms with Crippen molar-refractivity contribution in [2.75, 3.05) is 0 Å². The van der Waals surface area contributed by atoms with Gasteiger partial charge in [-0.3, -0.25) is 4.79 Å². The second-order valence-corrected chi connectivity index (χ2v) is 6.00. The highest BCUT2D eigenvalue weighted by molar-refractivity contribution is 5.60. The van der Waals surface area contributed by atoms with Crippen LogP contribution in [-0.4, -0.2) is 9.78 Å². The van der Waals surface area contributed by atoms with Crippen LogP contribution in [0.15, 0.2) is 59.4 Å². The van der Waals surface area contributed by atoms with Gasteiger partial charge in [-0.25, -0.2) is 4.68 Å². The van der Waals surface area contributed by atoms with Crippen LogP contribution in [-0.2, 0) is 6.54 Å². The number of rotatable bonds is 3. The molecule has 1 heterocycles. The zero-order valence-corrected chi connectivity index (χ0v) is 13.7. The highest BCUT2D eigenvalue weighted by Crippen LogP contribution is 2.19. The molecule has 3 nitrogen and oxygen atoms in total. The van der Waals surface area contributed by atoms with Crippen LogP contribution in [0.4, 0.5) is 0 Å². The molecule has 0 N–H and O–H groups in total. The van der Waals surface area contributed by atoms with Gasteiger partial charge in [-0.2, -0.15) is 5.10 Å². The molecule has 23 heavy (non-hydrogen) atoms. The first-order valence-corrected chi connectivity index (χ1v) is 7.74. The maximum atomic E-state index is 12.1. The molecule has 3 heteroatoms. The smallest absolute Gasteiger partial charge is 0.267 e. The molecular weight excluding hydrogens is 284 g/mol. The van der Waals surface area contributed by atoms with Crippen molar-refractivity contribution in [2.45, 2.75) is 27.3 Å². The lowest BCUT2D eigenvalue weighted by Gasteiger charge is -2.09. The van der Waals surface area contributed by atoms with Crippen LogP contribution in [0, 0.1) is 20.8 Å². The second kappa shape index (κ2) is 6.21. The van der Waals surface area contributed by atoms with Crippen molar-refractivity contribution in [2.24, 2.45) is 0 Å². The highest BCUT2D eigenvalue weighted by atomic mass is 16.1. The Bertz CT molecular complexity index is 892. The summed E-state index contributed by atoms with van der Waals surface area (Å²) in [5.41, 5.74) is 6.52. The third-order valence-corrected chi connectivity index (χ3v) is 4.12. The Hall–Kier alpha value is -2.68. The molecule has 0 atom stereocenters. The summed E-state index contributed by atoms with van der Waals surface area (Å²) >= 11 is 0. The predicted molar refractivity (Wildman–Crippen MR) is 93.7 cm³/mol. The van der Waals surface area contributed by atoms with Crippen molar-refractivity contribution < 1.29 is 0 Å². The molecule has 1 aromatic heterocycles. The van der Waals surface area contributed by atoms with Crippen molar-refractivity contribution in [3.63, 3.8) is 0 Å². The maximum absolute atomic E-state index is 12.1. The summed E-state index contributed by atoms with van der Waals surface area (Å²) in [5.74, 6) is 0. The van der Waals surface area contributed by atoms with E-state index >= 15 is 0 Å². The highest BCUT2D eigenvalue weighted by Gasteiger charge is 2.05. The Morgan fingerprint density at radius 2 is 1.61 bits per heavy atom. The SMILES string of the molecule is Cc1ccc(Cn2nc(-c3ccc(C)c(C)c3)ccc2=O)cc1. The van der Waals surface area contributed by atoms with Gasteiger partial charge in [-0.05, 0) is 49.6 Å². The molecule has 0 saturated heterocycles. The van der Waals surface area contributed by atoms with Crippen LogP contribution >= 0.6 is 0 Å². The van der Waals surface area contributed by atoms with E-state index in [9.17, 15) is 4.79 Å². The molecule has 0 bridgehead atoms. The fourth-order valence-electron chi connectivity index (χ4n) is 2.48. The second-order valence-electron chi connectivity index (χ2n) is 6.00. The maximum Gasteiger partial charge on any atom is 0.267 e. The van der Waals surface area contributed by atoms with Gasteiger partial charge in [0.2, 0.25) is 0 Å². The van der Waals surface area contributed by atoms with E-state index < -0.39 is 0 Å². The summed E-state index contributed by atoms with van der Waals surface area (Å²) in [6.07, 6.45) is 0. The van der Waals surface area contributed by atoms with Crippen LogP contribution in [0.5, 0.6) is 0 Å². The third-order valence-electron chi connectivity index (χ3n) is 4.12. The normalized spacial score (nSPS) is 10.7. The quantitative estimate of drug-likeness (QED) is 0.736. The Labute approximate surface area is 136 Å². The molecule has 0 spiro atoms. The molecule has 2 aromatic carbocycles. The summed E-state index contributed by atoms with van der Waals surface area (Å²) < 4.78 is 1.52. The zero-order valence-electron chi connectivity index (χ0n) is 13.7. The van der Waals surface area contributed by atoms with Crippen molar-refractivity contribution in [1.82, 2.24) is 9.78 Å². The van der Waals surface area contributed by atoms with Crippen LogP contribution < -0.4 is 5.56 Å². The predicted octanol–water partition coefficient (Wildman–Crippen LogP) is 3.88. The monoisotopic (exact) mass is 304 g/mol. The van der Waals surface area contributed by atoms with Crippen LogP contribution in [0.3, 0.4) is 0 Å². The molecule has 116 valence electrons. The first kappa shape index (κ1) is 15.2. The van der Waals surface area contributed by atoms with Gasteiger partial charge in [0.05, 0.1) is 12.2 Å². The number of hydrogen-bond acceptors (Lipinski definition) is 2. The van der Waals surface area contributed by atoms with Gasteiger partial charge in [-0.1, -0.05) is 42.0 Å². The number of aromatic nitrogens is 2. The van der Waals surface area contributed by atoms with Crippen molar-refractivity contribution in [1.29, 1.82) is 0 Å². The Kier molecular flexibility index (Phi) is 4.11. The van der Waals surface area contributed by atoms with Crippen LogP contribution in [0.1, 0.15) is 22.3 Å². The van der Waals surface area contributed by atoms with Crippen molar-refractivity contribution in [3.8, 4) is 11.3 Å². The number of benzene rings is 2.